The summed E-state index contributed by atoms with van der Waals surface area (Å²) in [5, 5.41) is 14.5. The van der Waals surface area contributed by atoms with Gasteiger partial charge in [-0.05, 0) is 51.0 Å². The zero-order chi connectivity index (χ0) is 18.1. The SMILES string of the molecule is Cc1ccc(NC(=O)CSc2nc(C)nc3sc(C)c(C)c23)c(O)c1. The number of nitrogens with one attached hydrogen (secondary N) is 1. The van der Waals surface area contributed by atoms with Gasteiger partial charge in [-0.2, -0.15) is 0 Å². The Kier molecular flexibility index (Phi) is 4.96. The van der Waals surface area contributed by atoms with Crippen molar-refractivity contribution in [1.29, 1.82) is 0 Å². The highest BCUT2D eigenvalue weighted by Gasteiger charge is 2.15. The number of benzene rings is 1. The fourth-order valence-corrected chi connectivity index (χ4v) is 4.56. The minimum Gasteiger partial charge on any atom is -0.506 e. The second-order valence-electron chi connectivity index (χ2n) is 5.90. The molecule has 3 rings (SSSR count). The van der Waals surface area contributed by atoms with E-state index in [9.17, 15) is 9.90 Å². The number of aromatic nitrogens is 2. The maximum absolute atomic E-state index is 12.3. The smallest absolute Gasteiger partial charge is 0.234 e. The number of fused-ring (bicyclic) bond motifs is 1. The van der Waals surface area contributed by atoms with E-state index in [1.165, 1.54) is 22.2 Å². The topological polar surface area (TPSA) is 75.1 Å². The van der Waals surface area contributed by atoms with Gasteiger partial charge in [0.15, 0.2) is 0 Å². The lowest BCUT2D eigenvalue weighted by Gasteiger charge is -2.08. The van der Waals surface area contributed by atoms with Gasteiger partial charge in [0.05, 0.1) is 11.4 Å². The maximum Gasteiger partial charge on any atom is 0.234 e. The summed E-state index contributed by atoms with van der Waals surface area (Å²) in [6.07, 6.45) is 0. The van der Waals surface area contributed by atoms with Gasteiger partial charge in [0, 0.05) is 10.3 Å². The Morgan fingerprint density at radius 2 is 2.00 bits per heavy atom. The van der Waals surface area contributed by atoms with Crippen LogP contribution in [0.25, 0.3) is 10.2 Å². The van der Waals surface area contributed by atoms with E-state index >= 15 is 0 Å². The second-order valence-corrected chi connectivity index (χ2v) is 8.06. The van der Waals surface area contributed by atoms with E-state index in [-0.39, 0.29) is 17.4 Å². The van der Waals surface area contributed by atoms with Crippen molar-refractivity contribution in [2.24, 2.45) is 0 Å². The Morgan fingerprint density at radius 1 is 1.24 bits per heavy atom. The third kappa shape index (κ3) is 3.77. The van der Waals surface area contributed by atoms with Crippen LogP contribution in [-0.4, -0.2) is 26.7 Å². The van der Waals surface area contributed by atoms with Crippen LogP contribution < -0.4 is 5.32 Å². The van der Waals surface area contributed by atoms with Crippen molar-refractivity contribution < 1.29 is 9.90 Å². The molecule has 5 nitrogen and oxygen atoms in total. The van der Waals surface area contributed by atoms with E-state index in [0.29, 0.717) is 11.5 Å². The number of amides is 1. The monoisotopic (exact) mass is 373 g/mol. The van der Waals surface area contributed by atoms with E-state index < -0.39 is 0 Å². The van der Waals surface area contributed by atoms with E-state index in [2.05, 4.69) is 29.1 Å². The molecule has 0 aliphatic rings. The summed E-state index contributed by atoms with van der Waals surface area (Å²) in [6.45, 7) is 7.87. The number of phenols is 1. The van der Waals surface area contributed by atoms with Crippen LogP contribution in [-0.2, 0) is 4.79 Å². The number of rotatable bonds is 4. The highest BCUT2D eigenvalue weighted by Crippen LogP contribution is 2.35. The van der Waals surface area contributed by atoms with Crippen molar-refractivity contribution in [2.45, 2.75) is 32.7 Å². The molecule has 0 bridgehead atoms. The first-order valence-corrected chi connectivity index (χ1v) is 9.62. The van der Waals surface area contributed by atoms with Crippen molar-refractivity contribution in [3.63, 3.8) is 0 Å². The van der Waals surface area contributed by atoms with Gasteiger partial charge in [-0.3, -0.25) is 4.79 Å². The van der Waals surface area contributed by atoms with Gasteiger partial charge in [-0.15, -0.1) is 11.3 Å². The molecule has 25 heavy (non-hydrogen) atoms. The Morgan fingerprint density at radius 3 is 2.72 bits per heavy atom. The summed E-state index contributed by atoms with van der Waals surface area (Å²) in [6, 6.07) is 5.17. The van der Waals surface area contributed by atoms with Gasteiger partial charge in [-0.1, -0.05) is 17.8 Å². The fraction of sp³-hybridized carbons (Fsp3) is 0.278. The molecule has 0 radical (unpaired) electrons. The molecule has 0 spiro atoms. The van der Waals surface area contributed by atoms with Gasteiger partial charge in [0.25, 0.3) is 0 Å². The van der Waals surface area contributed by atoms with Crippen molar-refractivity contribution >= 4 is 44.9 Å². The van der Waals surface area contributed by atoms with Crippen LogP contribution in [0.3, 0.4) is 0 Å². The number of aromatic hydroxyl groups is 1. The first-order chi connectivity index (χ1) is 11.8. The van der Waals surface area contributed by atoms with E-state index in [1.807, 2.05) is 19.9 Å². The average Bonchev–Trinajstić information content (AvgIpc) is 2.82. The largest absolute Gasteiger partial charge is 0.506 e. The summed E-state index contributed by atoms with van der Waals surface area (Å²) >= 11 is 3.04. The lowest BCUT2D eigenvalue weighted by Crippen LogP contribution is -2.14. The minimum atomic E-state index is -0.182. The molecule has 7 heteroatoms. The Hall–Kier alpha value is -2.12. The first-order valence-electron chi connectivity index (χ1n) is 7.81. The summed E-state index contributed by atoms with van der Waals surface area (Å²) in [4.78, 5) is 23.4. The van der Waals surface area contributed by atoms with Crippen LogP contribution in [0.2, 0.25) is 0 Å². The van der Waals surface area contributed by atoms with Crippen LogP contribution in [0.5, 0.6) is 5.75 Å². The number of phenolic OH excluding ortho intramolecular Hbond substituents is 1. The van der Waals surface area contributed by atoms with E-state index in [1.54, 1.807) is 23.5 Å². The Labute approximate surface area is 154 Å². The summed E-state index contributed by atoms with van der Waals surface area (Å²) < 4.78 is 0. The number of thioether (sulfide) groups is 1. The molecule has 2 aromatic heterocycles. The minimum absolute atomic E-state index is 0.0722. The maximum atomic E-state index is 12.3. The molecule has 0 unspecified atom stereocenters. The number of anilines is 1. The van der Waals surface area contributed by atoms with Crippen molar-refractivity contribution in [2.75, 3.05) is 11.1 Å². The zero-order valence-corrected chi connectivity index (χ0v) is 16.1. The summed E-state index contributed by atoms with van der Waals surface area (Å²) in [5.41, 5.74) is 2.52. The number of carbonyl (C=O) groups excluding carboxylic acids is 1. The number of hydrogen-bond donors (Lipinski definition) is 2. The summed E-state index contributed by atoms with van der Waals surface area (Å²) in [7, 11) is 0. The lowest BCUT2D eigenvalue weighted by molar-refractivity contribution is -0.113. The molecule has 0 aliphatic carbocycles. The Bertz CT molecular complexity index is 967. The predicted molar refractivity (Wildman–Crippen MR) is 104 cm³/mol. The van der Waals surface area contributed by atoms with Gasteiger partial charge in [0.1, 0.15) is 21.4 Å². The highest BCUT2D eigenvalue weighted by molar-refractivity contribution is 8.00. The van der Waals surface area contributed by atoms with Gasteiger partial charge in [0.2, 0.25) is 5.91 Å². The molecular weight excluding hydrogens is 354 g/mol. The van der Waals surface area contributed by atoms with E-state index in [0.717, 1.165) is 20.8 Å². The van der Waals surface area contributed by atoms with Crippen LogP contribution in [0.1, 0.15) is 21.8 Å². The van der Waals surface area contributed by atoms with Crippen molar-refractivity contribution in [1.82, 2.24) is 9.97 Å². The van der Waals surface area contributed by atoms with Crippen molar-refractivity contribution in [3.8, 4) is 5.75 Å². The predicted octanol–water partition coefficient (Wildman–Crippen LogP) is 4.36. The standard InChI is InChI=1S/C18H19N3O2S2/c1-9-5-6-13(14(22)7-9)21-15(23)8-24-17-16-10(2)11(3)25-18(16)20-12(4)19-17/h5-7,22H,8H2,1-4H3,(H,21,23). The third-order valence-electron chi connectivity index (χ3n) is 3.87. The first kappa shape index (κ1) is 17.7. The molecule has 130 valence electrons. The zero-order valence-electron chi connectivity index (χ0n) is 14.5. The molecule has 0 atom stereocenters. The molecule has 3 aromatic rings. The van der Waals surface area contributed by atoms with Crippen LogP contribution in [0, 0.1) is 27.7 Å². The normalized spacial score (nSPS) is 11.0. The number of hydrogen-bond acceptors (Lipinski definition) is 6. The molecule has 0 saturated heterocycles. The molecule has 0 saturated carbocycles. The second kappa shape index (κ2) is 7.01. The van der Waals surface area contributed by atoms with Crippen LogP contribution >= 0.6 is 23.1 Å². The van der Waals surface area contributed by atoms with Crippen molar-refractivity contribution in [3.05, 3.63) is 40.0 Å². The molecular formula is C18H19N3O2S2. The summed E-state index contributed by atoms with van der Waals surface area (Å²) in [5.74, 6) is 0.807. The number of carbonyl (C=O) groups is 1. The molecule has 2 N–H and O–H groups in total. The molecule has 0 aliphatic heterocycles. The number of aryl methyl sites for hydroxylation is 4. The highest BCUT2D eigenvalue weighted by atomic mass is 32.2. The molecule has 1 aromatic carbocycles. The average molecular weight is 374 g/mol. The Balaban J connectivity index is 1.77. The molecule has 1 amide bonds. The van der Waals surface area contributed by atoms with Gasteiger partial charge < -0.3 is 10.4 Å². The van der Waals surface area contributed by atoms with Crippen LogP contribution in [0.4, 0.5) is 5.69 Å². The fourth-order valence-electron chi connectivity index (χ4n) is 2.49. The third-order valence-corrected chi connectivity index (χ3v) is 5.95. The van der Waals surface area contributed by atoms with Gasteiger partial charge in [-0.25, -0.2) is 9.97 Å². The number of nitrogens with zero attached hydrogens (tertiary/aromatic N) is 2. The van der Waals surface area contributed by atoms with Gasteiger partial charge >= 0.3 is 0 Å². The quantitative estimate of drug-likeness (QED) is 0.404. The van der Waals surface area contributed by atoms with Crippen LogP contribution in [0.15, 0.2) is 23.2 Å². The van der Waals surface area contributed by atoms with E-state index in [4.69, 9.17) is 0 Å². The number of thiophene rings is 1. The molecule has 0 fully saturated rings. The molecule has 2 heterocycles. The lowest BCUT2D eigenvalue weighted by atomic mass is 10.2.